The molecule has 0 radical (unpaired) electrons. The molecule has 3 unspecified atom stereocenters. The Morgan fingerprint density at radius 3 is 2.91 bits per heavy atom. The van der Waals surface area contributed by atoms with E-state index in [1.807, 2.05) is 6.07 Å². The number of hydrogen-bond donors (Lipinski definition) is 2. The van der Waals surface area contributed by atoms with Crippen LogP contribution in [0.15, 0.2) is 24.3 Å². The van der Waals surface area contributed by atoms with Gasteiger partial charge in [-0.05, 0) is 31.9 Å². The summed E-state index contributed by atoms with van der Waals surface area (Å²) < 4.78 is 5.61. The van der Waals surface area contributed by atoms with Crippen LogP contribution < -0.4 is 10.1 Å². The summed E-state index contributed by atoms with van der Waals surface area (Å²) in [6.45, 7) is 1.76. The molecule has 5 nitrogen and oxygen atoms in total. The van der Waals surface area contributed by atoms with Crippen LogP contribution in [0.1, 0.15) is 38.2 Å². The van der Waals surface area contributed by atoms with Crippen LogP contribution in [-0.4, -0.2) is 29.8 Å². The summed E-state index contributed by atoms with van der Waals surface area (Å²) in [6, 6.07) is 8.91. The number of nitrogens with zero attached hydrogens (tertiary/aromatic N) is 1. The predicted octanol–water partition coefficient (Wildman–Crippen LogP) is 1.99. The van der Waals surface area contributed by atoms with Crippen molar-refractivity contribution in [2.45, 2.75) is 44.8 Å². The van der Waals surface area contributed by atoms with Crippen LogP contribution in [0, 0.1) is 17.2 Å². The molecule has 3 atom stereocenters. The molecule has 0 aliphatic heterocycles. The summed E-state index contributed by atoms with van der Waals surface area (Å²) in [7, 11) is 0. The number of benzene rings is 1. The molecule has 0 spiro atoms. The Bertz CT molecular complexity index is 553. The number of aliphatic hydroxyl groups excluding tert-OH is 1. The zero-order chi connectivity index (χ0) is 15.9. The summed E-state index contributed by atoms with van der Waals surface area (Å²) in [5.74, 6) is 0.324. The number of amides is 1. The molecule has 1 aliphatic rings. The first kappa shape index (κ1) is 16.3. The van der Waals surface area contributed by atoms with Gasteiger partial charge in [0.15, 0.2) is 6.10 Å². The van der Waals surface area contributed by atoms with Gasteiger partial charge in [0.25, 0.3) is 5.91 Å². The third-order valence-corrected chi connectivity index (χ3v) is 4.15. The fourth-order valence-corrected chi connectivity index (χ4v) is 2.82. The van der Waals surface area contributed by atoms with Gasteiger partial charge in [-0.1, -0.05) is 25.0 Å². The fourth-order valence-electron chi connectivity index (χ4n) is 2.82. The second-order valence-electron chi connectivity index (χ2n) is 5.71. The summed E-state index contributed by atoms with van der Waals surface area (Å²) >= 11 is 0. The van der Waals surface area contributed by atoms with Crippen molar-refractivity contribution >= 4 is 5.91 Å². The van der Waals surface area contributed by atoms with Crippen LogP contribution in [0.5, 0.6) is 5.75 Å². The molecule has 1 aliphatic carbocycles. The van der Waals surface area contributed by atoms with Gasteiger partial charge in [0.2, 0.25) is 0 Å². The Hall–Kier alpha value is -2.06. The lowest BCUT2D eigenvalue weighted by Gasteiger charge is -2.31. The van der Waals surface area contributed by atoms with Gasteiger partial charge in [-0.15, -0.1) is 0 Å². The number of carbonyl (C=O) groups is 1. The Balaban J connectivity index is 1.96. The Morgan fingerprint density at radius 1 is 1.45 bits per heavy atom. The molecule has 2 N–H and O–H groups in total. The molecule has 1 fully saturated rings. The third-order valence-electron chi connectivity index (χ3n) is 4.15. The zero-order valence-corrected chi connectivity index (χ0v) is 12.8. The van der Waals surface area contributed by atoms with E-state index < -0.39 is 6.10 Å². The average Bonchev–Trinajstić information content (AvgIpc) is 2.55. The van der Waals surface area contributed by atoms with E-state index in [0.717, 1.165) is 25.7 Å². The lowest BCUT2D eigenvalue weighted by Crippen LogP contribution is -2.47. The molecule has 0 aromatic heterocycles. The maximum Gasteiger partial charge on any atom is 0.261 e. The van der Waals surface area contributed by atoms with Gasteiger partial charge in [-0.2, -0.15) is 5.26 Å². The number of rotatable bonds is 5. The first-order valence-electron chi connectivity index (χ1n) is 7.72. The average molecular weight is 302 g/mol. The fraction of sp³-hybridized carbons (Fsp3) is 0.529. The third kappa shape index (κ3) is 3.99. The minimum Gasteiger partial charge on any atom is -0.480 e. The molecule has 22 heavy (non-hydrogen) atoms. The van der Waals surface area contributed by atoms with E-state index in [2.05, 4.69) is 5.32 Å². The monoisotopic (exact) mass is 302 g/mol. The number of hydrogen-bond acceptors (Lipinski definition) is 4. The molecule has 0 heterocycles. The van der Waals surface area contributed by atoms with E-state index in [9.17, 15) is 9.90 Å². The smallest absolute Gasteiger partial charge is 0.261 e. The number of aliphatic hydroxyl groups is 1. The first-order valence-corrected chi connectivity index (χ1v) is 7.72. The standard InChI is InChI=1S/C17H22N2O3/c1-12(22-16-9-5-3-6-13(16)10-18)17(21)19-15-8-4-2-7-14(15)11-20/h3,5-6,9,12,14-15,20H,2,4,7-8,11H2,1H3,(H,19,21). The normalized spacial score (nSPS) is 22.4. The van der Waals surface area contributed by atoms with Gasteiger partial charge in [0, 0.05) is 18.6 Å². The number of carbonyl (C=O) groups excluding carboxylic acids is 1. The zero-order valence-electron chi connectivity index (χ0n) is 12.8. The maximum atomic E-state index is 12.3. The van der Waals surface area contributed by atoms with Crippen LogP contribution in [0.25, 0.3) is 0 Å². The van der Waals surface area contributed by atoms with Crippen molar-refractivity contribution in [1.29, 1.82) is 5.26 Å². The van der Waals surface area contributed by atoms with Crippen molar-refractivity contribution in [2.75, 3.05) is 6.61 Å². The van der Waals surface area contributed by atoms with Gasteiger partial charge in [0.05, 0.1) is 5.56 Å². The summed E-state index contributed by atoms with van der Waals surface area (Å²) in [5, 5.41) is 21.4. The minimum atomic E-state index is -0.684. The van der Waals surface area contributed by atoms with Crippen LogP contribution >= 0.6 is 0 Å². The van der Waals surface area contributed by atoms with Crippen molar-refractivity contribution in [1.82, 2.24) is 5.32 Å². The molecule has 1 aromatic rings. The van der Waals surface area contributed by atoms with E-state index in [0.29, 0.717) is 11.3 Å². The van der Waals surface area contributed by atoms with Gasteiger partial charge in [-0.3, -0.25) is 4.79 Å². The lowest BCUT2D eigenvalue weighted by atomic mass is 9.85. The molecule has 2 rings (SSSR count). The number of ether oxygens (including phenoxy) is 1. The van der Waals surface area contributed by atoms with E-state index in [-0.39, 0.29) is 24.5 Å². The SMILES string of the molecule is CC(Oc1ccccc1C#N)C(=O)NC1CCCCC1CO. The van der Waals surface area contributed by atoms with E-state index in [4.69, 9.17) is 10.00 Å². The highest BCUT2D eigenvalue weighted by atomic mass is 16.5. The first-order chi connectivity index (χ1) is 10.7. The maximum absolute atomic E-state index is 12.3. The van der Waals surface area contributed by atoms with Gasteiger partial charge in [-0.25, -0.2) is 0 Å². The van der Waals surface area contributed by atoms with Crippen molar-refractivity contribution in [2.24, 2.45) is 5.92 Å². The summed E-state index contributed by atoms with van der Waals surface area (Å²) in [5.41, 5.74) is 0.410. The Morgan fingerprint density at radius 2 is 2.18 bits per heavy atom. The Kier molecular flexibility index (Phi) is 5.79. The van der Waals surface area contributed by atoms with Crippen LogP contribution in [0.4, 0.5) is 0 Å². The molecular weight excluding hydrogens is 280 g/mol. The van der Waals surface area contributed by atoms with E-state index in [1.54, 1.807) is 31.2 Å². The van der Waals surface area contributed by atoms with Crippen molar-refractivity contribution in [3.63, 3.8) is 0 Å². The summed E-state index contributed by atoms with van der Waals surface area (Å²) in [4.78, 5) is 12.3. The molecule has 1 amide bonds. The molecule has 0 saturated heterocycles. The van der Waals surface area contributed by atoms with Gasteiger partial charge < -0.3 is 15.2 Å². The highest BCUT2D eigenvalue weighted by Gasteiger charge is 2.28. The predicted molar refractivity (Wildman–Crippen MR) is 82.2 cm³/mol. The van der Waals surface area contributed by atoms with Crippen LogP contribution in [0.3, 0.4) is 0 Å². The van der Waals surface area contributed by atoms with Crippen molar-refractivity contribution < 1.29 is 14.6 Å². The summed E-state index contributed by atoms with van der Waals surface area (Å²) in [6.07, 6.45) is 3.30. The topological polar surface area (TPSA) is 82.3 Å². The van der Waals surface area contributed by atoms with Gasteiger partial charge >= 0.3 is 0 Å². The number of nitriles is 1. The second-order valence-corrected chi connectivity index (χ2v) is 5.71. The highest BCUT2D eigenvalue weighted by Crippen LogP contribution is 2.24. The van der Waals surface area contributed by atoms with E-state index >= 15 is 0 Å². The Labute approximate surface area is 130 Å². The van der Waals surface area contributed by atoms with Crippen LogP contribution in [-0.2, 0) is 4.79 Å². The number of nitrogens with one attached hydrogen (secondary N) is 1. The number of para-hydroxylation sites is 1. The van der Waals surface area contributed by atoms with Crippen molar-refractivity contribution in [3.8, 4) is 11.8 Å². The minimum absolute atomic E-state index is 0.00325. The van der Waals surface area contributed by atoms with Crippen LogP contribution in [0.2, 0.25) is 0 Å². The molecule has 1 saturated carbocycles. The van der Waals surface area contributed by atoms with Gasteiger partial charge in [0.1, 0.15) is 11.8 Å². The van der Waals surface area contributed by atoms with Crippen molar-refractivity contribution in [3.05, 3.63) is 29.8 Å². The second kappa shape index (κ2) is 7.81. The lowest BCUT2D eigenvalue weighted by molar-refractivity contribution is -0.128. The quantitative estimate of drug-likeness (QED) is 0.871. The van der Waals surface area contributed by atoms with E-state index in [1.165, 1.54) is 0 Å². The molecule has 1 aromatic carbocycles. The molecular formula is C17H22N2O3. The molecule has 0 bridgehead atoms. The highest BCUT2D eigenvalue weighted by molar-refractivity contribution is 5.81. The molecule has 5 heteroatoms. The largest absolute Gasteiger partial charge is 0.480 e. The molecule has 118 valence electrons.